The third-order valence-corrected chi connectivity index (χ3v) is 4.84. The van der Waals surface area contributed by atoms with Gasteiger partial charge in [-0.15, -0.1) is 11.3 Å². The van der Waals surface area contributed by atoms with Crippen molar-refractivity contribution in [2.45, 2.75) is 32.4 Å². The molecule has 1 heterocycles. The molecule has 0 N–H and O–H groups in total. The smallest absolute Gasteiger partial charge is 0.253 e. The molecule has 1 saturated carbocycles. The number of amides is 1. The second kappa shape index (κ2) is 6.48. The minimum absolute atomic E-state index is 0.0745. The Morgan fingerprint density at radius 2 is 2.14 bits per heavy atom. The Morgan fingerprint density at radius 3 is 2.73 bits per heavy atom. The largest absolute Gasteiger partial charge is 0.487 e. The highest BCUT2D eigenvalue weighted by atomic mass is 32.1. The summed E-state index contributed by atoms with van der Waals surface area (Å²) in [5.74, 6) is 1.50. The van der Waals surface area contributed by atoms with Crippen LogP contribution in [-0.2, 0) is 6.61 Å². The number of rotatable bonds is 6. The lowest BCUT2D eigenvalue weighted by Gasteiger charge is -2.25. The fourth-order valence-corrected chi connectivity index (χ4v) is 2.99. The van der Waals surface area contributed by atoms with Crippen molar-refractivity contribution in [1.82, 2.24) is 9.88 Å². The molecule has 3 rings (SSSR count). The standard InChI is InChI=1S/C17H20N2O2S/c1-12(13-3-4-13)19(2)17(20)14-5-7-16(8-6-14)21-9-15-10-22-11-18-15/h5-8,10-13H,3-4,9H2,1-2H3. The van der Waals surface area contributed by atoms with Crippen molar-refractivity contribution >= 4 is 17.2 Å². The first-order valence-electron chi connectivity index (χ1n) is 7.52. The van der Waals surface area contributed by atoms with Gasteiger partial charge in [-0.3, -0.25) is 4.79 Å². The van der Waals surface area contributed by atoms with E-state index in [0.29, 0.717) is 24.1 Å². The zero-order valence-corrected chi connectivity index (χ0v) is 13.7. The molecule has 0 saturated heterocycles. The molecule has 1 aliphatic carbocycles. The molecule has 22 heavy (non-hydrogen) atoms. The Balaban J connectivity index is 1.59. The SMILES string of the molecule is CC(C1CC1)N(C)C(=O)c1ccc(OCc2cscn2)cc1. The highest BCUT2D eigenvalue weighted by Crippen LogP contribution is 2.35. The molecule has 1 aromatic carbocycles. The fraction of sp³-hybridized carbons (Fsp3) is 0.412. The Hall–Kier alpha value is -1.88. The van der Waals surface area contributed by atoms with E-state index in [2.05, 4.69) is 11.9 Å². The molecule has 1 atom stereocenters. The number of carbonyl (C=O) groups is 1. The van der Waals surface area contributed by atoms with Gasteiger partial charge in [0.1, 0.15) is 12.4 Å². The number of aromatic nitrogens is 1. The van der Waals surface area contributed by atoms with Crippen molar-refractivity contribution in [2.24, 2.45) is 5.92 Å². The molecule has 1 unspecified atom stereocenters. The summed E-state index contributed by atoms with van der Waals surface area (Å²) in [5.41, 5.74) is 3.41. The summed E-state index contributed by atoms with van der Waals surface area (Å²) in [7, 11) is 1.89. The van der Waals surface area contributed by atoms with Crippen LogP contribution in [0.2, 0.25) is 0 Å². The number of benzene rings is 1. The second-order valence-electron chi connectivity index (χ2n) is 5.79. The number of carbonyl (C=O) groups excluding carboxylic acids is 1. The van der Waals surface area contributed by atoms with Gasteiger partial charge in [0.05, 0.1) is 11.2 Å². The van der Waals surface area contributed by atoms with E-state index in [9.17, 15) is 4.79 Å². The molecule has 0 radical (unpaired) electrons. The Labute approximate surface area is 134 Å². The maximum Gasteiger partial charge on any atom is 0.253 e. The number of hydrogen-bond donors (Lipinski definition) is 0. The van der Waals surface area contributed by atoms with Crippen molar-refractivity contribution in [1.29, 1.82) is 0 Å². The topological polar surface area (TPSA) is 42.4 Å². The first kappa shape index (κ1) is 15.0. The zero-order chi connectivity index (χ0) is 15.5. The van der Waals surface area contributed by atoms with Gasteiger partial charge in [0.25, 0.3) is 5.91 Å². The Bertz CT molecular complexity index is 621. The highest BCUT2D eigenvalue weighted by Gasteiger charge is 2.32. The molecule has 4 nitrogen and oxygen atoms in total. The van der Waals surface area contributed by atoms with Gasteiger partial charge in [-0.25, -0.2) is 4.98 Å². The van der Waals surface area contributed by atoms with Crippen LogP contribution in [0.15, 0.2) is 35.2 Å². The lowest BCUT2D eigenvalue weighted by Crippen LogP contribution is -2.36. The molecular weight excluding hydrogens is 296 g/mol. The summed E-state index contributed by atoms with van der Waals surface area (Å²) >= 11 is 1.55. The van der Waals surface area contributed by atoms with Crippen LogP contribution in [0.25, 0.3) is 0 Å². The van der Waals surface area contributed by atoms with Crippen LogP contribution in [0.3, 0.4) is 0 Å². The van der Waals surface area contributed by atoms with Crippen molar-refractivity contribution in [3.05, 3.63) is 46.4 Å². The predicted molar refractivity (Wildman–Crippen MR) is 87.2 cm³/mol. The first-order chi connectivity index (χ1) is 10.6. The number of hydrogen-bond acceptors (Lipinski definition) is 4. The van der Waals surface area contributed by atoms with Gasteiger partial charge in [-0.1, -0.05) is 0 Å². The summed E-state index contributed by atoms with van der Waals surface area (Å²) in [6.45, 7) is 2.58. The quantitative estimate of drug-likeness (QED) is 0.818. The molecule has 116 valence electrons. The Kier molecular flexibility index (Phi) is 4.43. The maximum atomic E-state index is 12.5. The summed E-state index contributed by atoms with van der Waals surface area (Å²) in [6, 6.07) is 7.65. The molecule has 0 aliphatic heterocycles. The summed E-state index contributed by atoms with van der Waals surface area (Å²) in [6.07, 6.45) is 2.48. The van der Waals surface area contributed by atoms with E-state index < -0.39 is 0 Å². The van der Waals surface area contributed by atoms with Crippen LogP contribution in [-0.4, -0.2) is 28.9 Å². The summed E-state index contributed by atoms with van der Waals surface area (Å²) in [5, 5.41) is 1.96. The third-order valence-electron chi connectivity index (χ3n) is 4.21. The lowest BCUT2D eigenvalue weighted by molar-refractivity contribution is 0.0727. The molecule has 0 spiro atoms. The molecule has 1 fully saturated rings. The van der Waals surface area contributed by atoms with Crippen LogP contribution >= 0.6 is 11.3 Å². The van der Waals surface area contributed by atoms with Crippen LogP contribution in [0.4, 0.5) is 0 Å². The predicted octanol–water partition coefficient (Wildman–Crippen LogP) is 3.59. The minimum Gasteiger partial charge on any atom is -0.487 e. The van der Waals surface area contributed by atoms with E-state index in [0.717, 1.165) is 11.4 Å². The lowest BCUT2D eigenvalue weighted by atomic mass is 10.1. The highest BCUT2D eigenvalue weighted by molar-refractivity contribution is 7.07. The van der Waals surface area contributed by atoms with Gasteiger partial charge >= 0.3 is 0 Å². The zero-order valence-electron chi connectivity index (χ0n) is 12.9. The molecule has 0 bridgehead atoms. The van der Waals surface area contributed by atoms with E-state index in [1.807, 2.05) is 41.6 Å². The van der Waals surface area contributed by atoms with Gasteiger partial charge in [0, 0.05) is 24.0 Å². The number of thiazole rings is 1. The molecule has 1 amide bonds. The minimum atomic E-state index is 0.0745. The molecular formula is C17H20N2O2S. The van der Waals surface area contributed by atoms with Crippen molar-refractivity contribution in [2.75, 3.05) is 7.05 Å². The van der Waals surface area contributed by atoms with E-state index in [1.54, 1.807) is 16.8 Å². The van der Waals surface area contributed by atoms with Gasteiger partial charge in [-0.2, -0.15) is 0 Å². The van der Waals surface area contributed by atoms with Crippen molar-refractivity contribution in [3.8, 4) is 5.75 Å². The summed E-state index contributed by atoms with van der Waals surface area (Å²) in [4.78, 5) is 18.5. The van der Waals surface area contributed by atoms with Gasteiger partial charge in [0.2, 0.25) is 0 Å². The second-order valence-corrected chi connectivity index (χ2v) is 6.51. The van der Waals surface area contributed by atoms with E-state index in [4.69, 9.17) is 4.74 Å². The average Bonchev–Trinajstić information content (AvgIpc) is 3.27. The van der Waals surface area contributed by atoms with Gasteiger partial charge in [0.15, 0.2) is 0 Å². The average molecular weight is 316 g/mol. The van der Waals surface area contributed by atoms with E-state index in [1.165, 1.54) is 12.8 Å². The van der Waals surface area contributed by atoms with Gasteiger partial charge < -0.3 is 9.64 Å². The fourth-order valence-electron chi connectivity index (χ4n) is 2.44. The van der Waals surface area contributed by atoms with Crippen molar-refractivity contribution in [3.63, 3.8) is 0 Å². The Morgan fingerprint density at radius 1 is 1.41 bits per heavy atom. The number of nitrogens with zero attached hydrogens (tertiary/aromatic N) is 2. The monoisotopic (exact) mass is 316 g/mol. The first-order valence-corrected chi connectivity index (χ1v) is 8.46. The van der Waals surface area contributed by atoms with Crippen LogP contribution < -0.4 is 4.74 Å². The van der Waals surface area contributed by atoms with Crippen LogP contribution in [0.5, 0.6) is 5.75 Å². The third kappa shape index (κ3) is 3.47. The van der Waals surface area contributed by atoms with Crippen molar-refractivity contribution < 1.29 is 9.53 Å². The normalized spacial score (nSPS) is 15.4. The molecule has 1 aromatic heterocycles. The van der Waals surface area contributed by atoms with E-state index in [-0.39, 0.29) is 5.91 Å². The molecule has 2 aromatic rings. The van der Waals surface area contributed by atoms with Gasteiger partial charge in [-0.05, 0) is 49.9 Å². The molecule has 1 aliphatic rings. The maximum absolute atomic E-state index is 12.5. The number of ether oxygens (including phenoxy) is 1. The van der Waals surface area contributed by atoms with Crippen LogP contribution in [0, 0.1) is 5.92 Å². The molecule has 5 heteroatoms. The summed E-state index contributed by atoms with van der Waals surface area (Å²) < 4.78 is 5.66. The van der Waals surface area contributed by atoms with E-state index >= 15 is 0 Å². The van der Waals surface area contributed by atoms with Crippen LogP contribution in [0.1, 0.15) is 35.8 Å².